The first-order chi connectivity index (χ1) is 5.85. The second kappa shape index (κ2) is 3.32. The molecule has 2 saturated heterocycles. The smallest absolute Gasteiger partial charge is 0.0374 e. The van der Waals surface area contributed by atoms with Crippen molar-refractivity contribution in [3.05, 3.63) is 0 Å². The van der Waals surface area contributed by atoms with Crippen LogP contribution in [0.3, 0.4) is 0 Å². The Morgan fingerprint density at radius 1 is 1.25 bits per heavy atom. The fourth-order valence-corrected chi connectivity index (χ4v) is 2.61. The molecule has 0 saturated carbocycles. The Hall–Kier alpha value is -0.120. The topological polar surface area (TPSA) is 18.5 Å². The molecular formula is C9H19N3. The summed E-state index contributed by atoms with van der Waals surface area (Å²) in [4.78, 5) is 2.57. The van der Waals surface area contributed by atoms with Crippen molar-refractivity contribution >= 4 is 0 Å². The Balaban J connectivity index is 2.01. The Morgan fingerprint density at radius 2 is 1.83 bits per heavy atom. The molecular weight excluding hydrogens is 150 g/mol. The van der Waals surface area contributed by atoms with Gasteiger partial charge in [0.15, 0.2) is 0 Å². The van der Waals surface area contributed by atoms with Crippen LogP contribution in [-0.4, -0.2) is 48.7 Å². The minimum Gasteiger partial charge on any atom is -0.300 e. The predicted molar refractivity (Wildman–Crippen MR) is 49.8 cm³/mol. The van der Waals surface area contributed by atoms with Crippen LogP contribution in [0.25, 0.3) is 0 Å². The number of hydrazine groups is 1. The molecule has 12 heavy (non-hydrogen) atoms. The molecule has 3 heteroatoms. The van der Waals surface area contributed by atoms with E-state index in [9.17, 15) is 0 Å². The molecule has 0 aromatic carbocycles. The summed E-state index contributed by atoms with van der Waals surface area (Å²) in [6.45, 7) is 5.99. The average Bonchev–Trinajstić information content (AvgIpc) is 2.35. The summed E-state index contributed by atoms with van der Waals surface area (Å²) >= 11 is 0. The third-order valence-corrected chi connectivity index (χ3v) is 3.26. The van der Waals surface area contributed by atoms with Crippen molar-refractivity contribution in [3.8, 4) is 0 Å². The summed E-state index contributed by atoms with van der Waals surface area (Å²) in [7, 11) is 2.05. The number of piperazine rings is 1. The maximum atomic E-state index is 3.32. The first-order valence-corrected chi connectivity index (χ1v) is 5.03. The Morgan fingerprint density at radius 3 is 2.25 bits per heavy atom. The molecule has 0 radical (unpaired) electrons. The van der Waals surface area contributed by atoms with E-state index in [1.165, 1.54) is 32.5 Å². The lowest BCUT2D eigenvalue weighted by atomic mass is 10.2. The molecule has 2 rings (SSSR count). The van der Waals surface area contributed by atoms with Crippen LogP contribution in [0.15, 0.2) is 0 Å². The van der Waals surface area contributed by atoms with Crippen molar-refractivity contribution in [2.45, 2.75) is 31.8 Å². The summed E-state index contributed by atoms with van der Waals surface area (Å²) in [6.07, 6.45) is 2.75. The predicted octanol–water partition coefficient (Wildman–Crippen LogP) is 0.289. The van der Waals surface area contributed by atoms with Crippen molar-refractivity contribution in [2.75, 3.05) is 26.7 Å². The number of nitrogens with one attached hydrogen (secondary N) is 1. The standard InChI is InChI=1S/C9H19N3/c1-3-11-6-8-4-5-9(7-11)12(8)10-2/h8-10H,3-7H2,1-2H3. The van der Waals surface area contributed by atoms with Gasteiger partial charge in [-0.3, -0.25) is 5.43 Å². The fourth-order valence-electron chi connectivity index (χ4n) is 2.61. The first kappa shape index (κ1) is 8.48. The zero-order chi connectivity index (χ0) is 8.55. The molecule has 70 valence electrons. The molecule has 1 N–H and O–H groups in total. The number of hydrogen-bond acceptors (Lipinski definition) is 3. The molecule has 2 heterocycles. The van der Waals surface area contributed by atoms with E-state index >= 15 is 0 Å². The van der Waals surface area contributed by atoms with Gasteiger partial charge in [0.25, 0.3) is 0 Å². The number of hydrogen-bond donors (Lipinski definition) is 1. The fraction of sp³-hybridized carbons (Fsp3) is 1.00. The van der Waals surface area contributed by atoms with Gasteiger partial charge in [-0.05, 0) is 26.4 Å². The molecule has 0 aromatic rings. The van der Waals surface area contributed by atoms with Crippen LogP contribution in [0.5, 0.6) is 0 Å². The van der Waals surface area contributed by atoms with Crippen LogP contribution in [0.4, 0.5) is 0 Å². The van der Waals surface area contributed by atoms with Crippen LogP contribution in [0.1, 0.15) is 19.8 Å². The Bertz CT molecular complexity index is 146. The highest BCUT2D eigenvalue weighted by atomic mass is 15.6. The van der Waals surface area contributed by atoms with E-state index in [-0.39, 0.29) is 0 Å². The molecule has 0 aliphatic carbocycles. The van der Waals surface area contributed by atoms with Gasteiger partial charge in [0.05, 0.1) is 0 Å². The van der Waals surface area contributed by atoms with Gasteiger partial charge in [0, 0.05) is 25.2 Å². The molecule has 3 nitrogen and oxygen atoms in total. The lowest BCUT2D eigenvalue weighted by Crippen LogP contribution is -2.57. The third kappa shape index (κ3) is 1.26. The van der Waals surface area contributed by atoms with Crippen molar-refractivity contribution in [2.24, 2.45) is 0 Å². The van der Waals surface area contributed by atoms with Crippen LogP contribution >= 0.6 is 0 Å². The molecule has 2 unspecified atom stereocenters. The molecule has 2 fully saturated rings. The summed E-state index contributed by atoms with van der Waals surface area (Å²) in [5.74, 6) is 0. The van der Waals surface area contributed by atoms with E-state index in [1.54, 1.807) is 0 Å². The lowest BCUT2D eigenvalue weighted by Gasteiger charge is -2.39. The Kier molecular flexibility index (Phi) is 2.35. The lowest BCUT2D eigenvalue weighted by molar-refractivity contribution is 0.0362. The normalized spacial score (nSPS) is 37.5. The third-order valence-electron chi connectivity index (χ3n) is 3.26. The van der Waals surface area contributed by atoms with Crippen LogP contribution in [0.2, 0.25) is 0 Å². The molecule has 0 spiro atoms. The Labute approximate surface area is 74.7 Å². The second-order valence-electron chi connectivity index (χ2n) is 3.87. The zero-order valence-electron chi connectivity index (χ0n) is 8.08. The van der Waals surface area contributed by atoms with Gasteiger partial charge in [0.2, 0.25) is 0 Å². The first-order valence-electron chi connectivity index (χ1n) is 5.03. The minimum absolute atomic E-state index is 0.772. The van der Waals surface area contributed by atoms with Crippen molar-refractivity contribution in [3.63, 3.8) is 0 Å². The highest BCUT2D eigenvalue weighted by Gasteiger charge is 2.38. The number of likely N-dealkylation sites (tertiary alicyclic amines) is 1. The van der Waals surface area contributed by atoms with E-state index in [4.69, 9.17) is 0 Å². The van der Waals surface area contributed by atoms with Crippen LogP contribution in [0, 0.1) is 0 Å². The minimum atomic E-state index is 0.772. The highest BCUT2D eigenvalue weighted by Crippen LogP contribution is 2.27. The summed E-state index contributed by atoms with van der Waals surface area (Å²) in [5, 5.41) is 2.45. The van der Waals surface area contributed by atoms with E-state index in [0.717, 1.165) is 12.1 Å². The van der Waals surface area contributed by atoms with Gasteiger partial charge in [-0.1, -0.05) is 6.92 Å². The largest absolute Gasteiger partial charge is 0.300 e. The average molecular weight is 169 g/mol. The number of rotatable bonds is 2. The monoisotopic (exact) mass is 169 g/mol. The number of likely N-dealkylation sites (N-methyl/N-ethyl adjacent to an activating group) is 1. The number of nitrogens with zero attached hydrogens (tertiary/aromatic N) is 2. The molecule has 2 aliphatic rings. The molecule has 0 aromatic heterocycles. The van der Waals surface area contributed by atoms with Crippen molar-refractivity contribution in [1.82, 2.24) is 15.3 Å². The summed E-state index contributed by atoms with van der Waals surface area (Å²) in [6, 6.07) is 1.54. The zero-order valence-corrected chi connectivity index (χ0v) is 8.08. The highest BCUT2D eigenvalue weighted by molar-refractivity contribution is 4.93. The SMILES string of the molecule is CCN1CC2CCC(C1)N2NC. The second-order valence-corrected chi connectivity index (χ2v) is 3.87. The summed E-state index contributed by atoms with van der Waals surface area (Å²) < 4.78 is 0. The maximum Gasteiger partial charge on any atom is 0.0374 e. The van der Waals surface area contributed by atoms with Gasteiger partial charge in [-0.2, -0.15) is 0 Å². The van der Waals surface area contributed by atoms with Crippen molar-refractivity contribution in [1.29, 1.82) is 0 Å². The van der Waals surface area contributed by atoms with Crippen LogP contribution in [-0.2, 0) is 0 Å². The van der Waals surface area contributed by atoms with Crippen LogP contribution < -0.4 is 5.43 Å². The van der Waals surface area contributed by atoms with Gasteiger partial charge < -0.3 is 4.90 Å². The maximum absolute atomic E-state index is 3.32. The number of fused-ring (bicyclic) bond motifs is 2. The summed E-state index contributed by atoms with van der Waals surface area (Å²) in [5.41, 5.74) is 3.32. The van der Waals surface area contributed by atoms with Gasteiger partial charge in [-0.15, -0.1) is 0 Å². The van der Waals surface area contributed by atoms with Gasteiger partial charge in [0.1, 0.15) is 0 Å². The van der Waals surface area contributed by atoms with Gasteiger partial charge >= 0.3 is 0 Å². The molecule has 0 amide bonds. The molecule has 2 aliphatic heterocycles. The van der Waals surface area contributed by atoms with E-state index in [0.29, 0.717) is 0 Å². The van der Waals surface area contributed by atoms with E-state index < -0.39 is 0 Å². The van der Waals surface area contributed by atoms with Gasteiger partial charge in [-0.25, -0.2) is 5.01 Å². The quantitative estimate of drug-likeness (QED) is 0.641. The molecule has 2 atom stereocenters. The van der Waals surface area contributed by atoms with E-state index in [1.807, 2.05) is 7.05 Å². The molecule has 2 bridgehead atoms. The van der Waals surface area contributed by atoms with E-state index in [2.05, 4.69) is 22.3 Å². The van der Waals surface area contributed by atoms with Crippen molar-refractivity contribution < 1.29 is 0 Å².